The maximum absolute atomic E-state index is 12.3. The summed E-state index contributed by atoms with van der Waals surface area (Å²) in [5.41, 5.74) is 1.49. The number of carbonyl (C=O) groups is 2. The summed E-state index contributed by atoms with van der Waals surface area (Å²) in [5, 5.41) is 15.5. The molecule has 1 aliphatic rings. The number of carbonyl (C=O) groups excluding carboxylic acids is 2. The summed E-state index contributed by atoms with van der Waals surface area (Å²) in [6.07, 6.45) is 4.15. The summed E-state index contributed by atoms with van der Waals surface area (Å²) in [6.45, 7) is 2.19. The number of fused-ring (bicyclic) bond motifs is 1. The molecule has 0 radical (unpaired) electrons. The summed E-state index contributed by atoms with van der Waals surface area (Å²) in [4.78, 5) is 25.7. The van der Waals surface area contributed by atoms with Crippen molar-refractivity contribution in [3.05, 3.63) is 45.6 Å². The summed E-state index contributed by atoms with van der Waals surface area (Å²) in [6, 6.07) is 5.05. The molecule has 0 bridgehead atoms. The van der Waals surface area contributed by atoms with Crippen LogP contribution in [0.5, 0.6) is 0 Å². The lowest BCUT2D eigenvalue weighted by Crippen LogP contribution is -2.28. The van der Waals surface area contributed by atoms with Crippen molar-refractivity contribution in [1.29, 1.82) is 0 Å². The summed E-state index contributed by atoms with van der Waals surface area (Å²) >= 11 is 2.61. The van der Waals surface area contributed by atoms with Crippen molar-refractivity contribution >= 4 is 40.0 Å². The Morgan fingerprint density at radius 3 is 3.00 bits per heavy atom. The van der Waals surface area contributed by atoms with E-state index in [1.807, 2.05) is 0 Å². The van der Waals surface area contributed by atoms with E-state index >= 15 is 0 Å². The van der Waals surface area contributed by atoms with Crippen LogP contribution in [0.3, 0.4) is 0 Å². The van der Waals surface area contributed by atoms with E-state index in [9.17, 15) is 14.8 Å². The molecule has 1 aliphatic carbocycles. The minimum atomic E-state index is -0.416. The van der Waals surface area contributed by atoms with Crippen LogP contribution < -0.4 is 10.0 Å². The van der Waals surface area contributed by atoms with Gasteiger partial charge in [-0.15, -0.1) is 11.3 Å². The van der Waals surface area contributed by atoms with Crippen molar-refractivity contribution in [2.45, 2.75) is 31.2 Å². The van der Waals surface area contributed by atoms with E-state index in [0.717, 1.165) is 46.2 Å². The Kier molecular flexibility index (Phi) is 5.83. The lowest BCUT2D eigenvalue weighted by Gasteiger charge is -2.18. The standard InChI is InChI=1S/C18H20N2O4S2/c1-11-6-7-12-13(9-11)26-17(16(12)18(22)24-2)19-14(21)10-25-15-5-3-4-8-20(15)23/h3-5,8,11H,6-7,9-10H2,1-2H3,(H,19,21)/t11-/m1/s1. The Bertz CT molecular complexity index is 835. The molecule has 2 aromatic heterocycles. The number of pyridine rings is 1. The predicted molar refractivity (Wildman–Crippen MR) is 102 cm³/mol. The molecule has 3 rings (SSSR count). The van der Waals surface area contributed by atoms with Gasteiger partial charge < -0.3 is 15.3 Å². The van der Waals surface area contributed by atoms with Crippen molar-refractivity contribution in [3.63, 3.8) is 0 Å². The molecular formula is C18H20N2O4S2. The van der Waals surface area contributed by atoms with Crippen LogP contribution in [0.15, 0.2) is 29.4 Å². The van der Waals surface area contributed by atoms with Crippen molar-refractivity contribution in [2.75, 3.05) is 18.2 Å². The van der Waals surface area contributed by atoms with Gasteiger partial charge in [-0.25, -0.2) is 4.79 Å². The largest absolute Gasteiger partial charge is 0.618 e. The number of rotatable bonds is 5. The number of aromatic nitrogens is 1. The molecule has 8 heteroatoms. The van der Waals surface area contributed by atoms with E-state index < -0.39 is 5.97 Å². The molecule has 0 saturated carbocycles. The number of ether oxygens (including phenoxy) is 1. The molecule has 0 aliphatic heterocycles. The summed E-state index contributed by atoms with van der Waals surface area (Å²) in [5.74, 6) is -0.0151. The highest BCUT2D eigenvalue weighted by Gasteiger charge is 2.28. The highest BCUT2D eigenvalue weighted by atomic mass is 32.2. The Morgan fingerprint density at radius 2 is 2.27 bits per heavy atom. The molecule has 26 heavy (non-hydrogen) atoms. The first kappa shape index (κ1) is 18.7. The molecule has 2 heterocycles. The fourth-order valence-corrected chi connectivity index (χ4v) is 5.11. The number of thiophene rings is 1. The SMILES string of the molecule is COC(=O)c1c(NC(=O)CSc2cccc[n+]2[O-])sc2c1CC[C@@H](C)C2. The smallest absolute Gasteiger partial charge is 0.341 e. The van der Waals surface area contributed by atoms with Crippen molar-refractivity contribution < 1.29 is 19.1 Å². The number of thioether (sulfide) groups is 1. The number of nitrogens with zero attached hydrogens (tertiary/aromatic N) is 1. The van der Waals surface area contributed by atoms with Crippen LogP contribution in [0, 0.1) is 11.1 Å². The fraction of sp³-hybridized carbons (Fsp3) is 0.389. The number of hydrogen-bond acceptors (Lipinski definition) is 6. The second-order valence-corrected chi connectivity index (χ2v) is 8.35. The normalized spacial score (nSPS) is 16.0. The molecular weight excluding hydrogens is 372 g/mol. The van der Waals surface area contributed by atoms with Gasteiger partial charge in [-0.2, -0.15) is 4.73 Å². The van der Waals surface area contributed by atoms with Gasteiger partial charge >= 0.3 is 5.97 Å². The van der Waals surface area contributed by atoms with Crippen LogP contribution >= 0.6 is 23.1 Å². The zero-order valence-corrected chi connectivity index (χ0v) is 16.2. The molecule has 1 amide bonds. The van der Waals surface area contributed by atoms with Gasteiger partial charge in [-0.1, -0.05) is 6.92 Å². The van der Waals surface area contributed by atoms with Gasteiger partial charge in [-0.3, -0.25) is 4.79 Å². The minimum absolute atomic E-state index is 0.0891. The molecule has 0 saturated heterocycles. The molecule has 138 valence electrons. The van der Waals surface area contributed by atoms with E-state index in [0.29, 0.717) is 21.5 Å². The third kappa shape index (κ3) is 4.02. The molecule has 1 N–H and O–H groups in total. The van der Waals surface area contributed by atoms with E-state index in [1.165, 1.54) is 24.6 Å². The maximum atomic E-state index is 12.3. The Labute approximate surface area is 160 Å². The summed E-state index contributed by atoms with van der Waals surface area (Å²) < 4.78 is 5.65. The van der Waals surface area contributed by atoms with E-state index in [1.54, 1.807) is 18.2 Å². The minimum Gasteiger partial charge on any atom is -0.618 e. The van der Waals surface area contributed by atoms with Crippen molar-refractivity contribution in [1.82, 2.24) is 0 Å². The third-order valence-electron chi connectivity index (χ3n) is 4.29. The average molecular weight is 393 g/mol. The van der Waals surface area contributed by atoms with Gasteiger partial charge in [0.2, 0.25) is 5.91 Å². The Balaban J connectivity index is 1.75. The summed E-state index contributed by atoms with van der Waals surface area (Å²) in [7, 11) is 1.35. The highest BCUT2D eigenvalue weighted by molar-refractivity contribution is 7.99. The Hall–Kier alpha value is -2.06. The van der Waals surface area contributed by atoms with Crippen LogP contribution in [0.1, 0.15) is 34.1 Å². The van der Waals surface area contributed by atoms with Crippen LogP contribution in [0.25, 0.3) is 0 Å². The quantitative estimate of drug-likeness (QED) is 0.366. The number of nitrogens with one attached hydrogen (secondary N) is 1. The van der Waals surface area contributed by atoms with Crippen LogP contribution in [-0.2, 0) is 22.4 Å². The first-order chi connectivity index (χ1) is 12.5. The first-order valence-electron chi connectivity index (χ1n) is 8.33. The van der Waals surface area contributed by atoms with Gasteiger partial charge in [0.25, 0.3) is 5.03 Å². The highest BCUT2D eigenvalue weighted by Crippen LogP contribution is 2.40. The zero-order valence-electron chi connectivity index (χ0n) is 14.6. The van der Waals surface area contributed by atoms with Gasteiger partial charge in [0.05, 0.1) is 18.4 Å². The van der Waals surface area contributed by atoms with Crippen LogP contribution in [0.4, 0.5) is 5.00 Å². The topological polar surface area (TPSA) is 82.3 Å². The number of hydrogen-bond donors (Lipinski definition) is 1. The lowest BCUT2D eigenvalue weighted by atomic mass is 9.88. The first-order valence-corrected chi connectivity index (χ1v) is 10.1. The zero-order chi connectivity index (χ0) is 18.7. The molecule has 0 fully saturated rings. The monoisotopic (exact) mass is 392 g/mol. The second kappa shape index (κ2) is 8.09. The molecule has 1 atom stereocenters. The third-order valence-corrected chi connectivity index (χ3v) is 6.48. The lowest BCUT2D eigenvalue weighted by molar-refractivity contribution is -0.645. The van der Waals surface area contributed by atoms with E-state index in [2.05, 4.69) is 12.2 Å². The van der Waals surface area contributed by atoms with E-state index in [-0.39, 0.29) is 11.7 Å². The second-order valence-electron chi connectivity index (χ2n) is 6.25. The van der Waals surface area contributed by atoms with Gasteiger partial charge in [0.1, 0.15) is 5.00 Å². The molecule has 0 spiro atoms. The van der Waals surface area contributed by atoms with E-state index in [4.69, 9.17) is 4.74 Å². The average Bonchev–Trinajstić information content (AvgIpc) is 2.97. The molecule has 2 aromatic rings. The molecule has 6 nitrogen and oxygen atoms in total. The fourth-order valence-electron chi connectivity index (χ4n) is 2.98. The molecule has 0 unspecified atom stereocenters. The number of amides is 1. The van der Waals surface area contributed by atoms with Gasteiger partial charge in [0.15, 0.2) is 6.20 Å². The molecule has 0 aromatic carbocycles. The maximum Gasteiger partial charge on any atom is 0.341 e. The number of methoxy groups -OCH3 is 1. The van der Waals surface area contributed by atoms with Crippen molar-refractivity contribution in [3.8, 4) is 0 Å². The van der Waals surface area contributed by atoms with Crippen LogP contribution in [0.2, 0.25) is 0 Å². The van der Waals surface area contributed by atoms with Gasteiger partial charge in [0, 0.05) is 17.0 Å². The number of esters is 1. The van der Waals surface area contributed by atoms with Crippen molar-refractivity contribution in [2.24, 2.45) is 5.92 Å². The van der Waals surface area contributed by atoms with Gasteiger partial charge in [-0.05, 0) is 48.6 Å². The van der Waals surface area contributed by atoms with Crippen LogP contribution in [-0.4, -0.2) is 24.7 Å². The predicted octanol–water partition coefficient (Wildman–Crippen LogP) is 3.02. The Morgan fingerprint density at radius 1 is 1.46 bits per heavy atom. The number of anilines is 1.